The second kappa shape index (κ2) is 6.55. The summed E-state index contributed by atoms with van der Waals surface area (Å²) in [5, 5.41) is 0.693. The zero-order valence-corrected chi connectivity index (χ0v) is 13.5. The van der Waals surface area contributed by atoms with Gasteiger partial charge in [-0.25, -0.2) is 0 Å². The van der Waals surface area contributed by atoms with E-state index in [1.165, 1.54) is 0 Å². The monoisotopic (exact) mass is 357 g/mol. The smallest absolute Gasteiger partial charge is 0.122 e. The molecule has 2 nitrogen and oxygen atoms in total. The van der Waals surface area contributed by atoms with Crippen molar-refractivity contribution in [1.29, 1.82) is 0 Å². The Kier molecular flexibility index (Phi) is 5.02. The molecule has 19 heavy (non-hydrogen) atoms. The van der Waals surface area contributed by atoms with Crippen molar-refractivity contribution in [1.82, 2.24) is 0 Å². The van der Waals surface area contributed by atoms with Crippen molar-refractivity contribution in [3.63, 3.8) is 0 Å². The van der Waals surface area contributed by atoms with Crippen LogP contribution in [-0.2, 0) is 5.75 Å². The van der Waals surface area contributed by atoms with Gasteiger partial charge in [-0.15, -0.1) is 11.8 Å². The van der Waals surface area contributed by atoms with E-state index < -0.39 is 0 Å². The fraction of sp³-hybridized carbons (Fsp3) is 0.143. The Balaban J connectivity index is 2.18. The lowest BCUT2D eigenvalue weighted by Gasteiger charge is -2.10. The van der Waals surface area contributed by atoms with E-state index in [2.05, 4.69) is 15.9 Å². The van der Waals surface area contributed by atoms with E-state index in [-0.39, 0.29) is 0 Å². The third-order valence-electron chi connectivity index (χ3n) is 2.60. The molecule has 0 radical (unpaired) electrons. The van der Waals surface area contributed by atoms with E-state index in [0.717, 1.165) is 32.1 Å². The molecule has 0 amide bonds. The predicted octanol–water partition coefficient (Wildman–Crippen LogP) is 4.99. The van der Waals surface area contributed by atoms with E-state index in [1.54, 1.807) is 24.9 Å². The summed E-state index contributed by atoms with van der Waals surface area (Å²) in [4.78, 5) is 0.981. The van der Waals surface area contributed by atoms with E-state index in [1.807, 2.05) is 30.3 Å². The number of thioether (sulfide) groups is 1. The molecule has 0 aliphatic heterocycles. The molecule has 2 aromatic carbocycles. The van der Waals surface area contributed by atoms with Crippen LogP contribution in [0, 0.1) is 0 Å². The summed E-state index contributed by atoms with van der Waals surface area (Å²) in [5.41, 5.74) is 7.79. The Hall–Kier alpha value is -0.840. The first-order chi connectivity index (χ1) is 9.10. The minimum Gasteiger partial charge on any atom is -0.496 e. The van der Waals surface area contributed by atoms with Crippen molar-refractivity contribution in [2.75, 3.05) is 12.8 Å². The fourth-order valence-electron chi connectivity index (χ4n) is 1.65. The number of hydrogen-bond acceptors (Lipinski definition) is 3. The topological polar surface area (TPSA) is 35.2 Å². The molecule has 0 atom stereocenters. The van der Waals surface area contributed by atoms with Crippen LogP contribution < -0.4 is 10.5 Å². The van der Waals surface area contributed by atoms with Crippen LogP contribution in [0.25, 0.3) is 0 Å². The number of benzene rings is 2. The first-order valence-electron chi connectivity index (χ1n) is 5.60. The van der Waals surface area contributed by atoms with E-state index >= 15 is 0 Å². The maximum Gasteiger partial charge on any atom is 0.122 e. The number of methoxy groups -OCH3 is 1. The number of halogens is 2. The molecule has 0 fully saturated rings. The third kappa shape index (κ3) is 3.81. The maximum absolute atomic E-state index is 5.98. The van der Waals surface area contributed by atoms with Crippen LogP contribution in [0.3, 0.4) is 0 Å². The van der Waals surface area contributed by atoms with Gasteiger partial charge in [0, 0.05) is 31.4 Å². The molecule has 0 saturated carbocycles. The van der Waals surface area contributed by atoms with Crippen molar-refractivity contribution < 1.29 is 4.74 Å². The van der Waals surface area contributed by atoms with Gasteiger partial charge in [-0.2, -0.15) is 0 Å². The third-order valence-corrected chi connectivity index (χ3v) is 4.45. The zero-order chi connectivity index (χ0) is 13.8. The summed E-state index contributed by atoms with van der Waals surface area (Å²) in [6.45, 7) is 0. The Bertz CT molecular complexity index is 592. The number of anilines is 1. The van der Waals surface area contributed by atoms with Crippen LogP contribution in [0.5, 0.6) is 5.75 Å². The molecule has 5 heteroatoms. The predicted molar refractivity (Wildman–Crippen MR) is 86.1 cm³/mol. The molecule has 0 saturated heterocycles. The van der Waals surface area contributed by atoms with Gasteiger partial charge < -0.3 is 10.5 Å². The first kappa shape index (κ1) is 14.6. The lowest BCUT2D eigenvalue weighted by Crippen LogP contribution is -1.92. The molecule has 0 unspecified atom stereocenters. The lowest BCUT2D eigenvalue weighted by atomic mass is 10.2. The van der Waals surface area contributed by atoms with Gasteiger partial charge in [0.15, 0.2) is 0 Å². The molecule has 0 aliphatic carbocycles. The molecule has 100 valence electrons. The van der Waals surface area contributed by atoms with Crippen LogP contribution in [0.1, 0.15) is 5.56 Å². The van der Waals surface area contributed by atoms with Crippen LogP contribution in [0.15, 0.2) is 45.8 Å². The van der Waals surface area contributed by atoms with Gasteiger partial charge in [0.2, 0.25) is 0 Å². The van der Waals surface area contributed by atoms with E-state index in [0.29, 0.717) is 5.02 Å². The van der Waals surface area contributed by atoms with E-state index in [9.17, 15) is 0 Å². The second-order valence-electron chi connectivity index (χ2n) is 3.93. The number of nitrogens with two attached hydrogens (primary N) is 1. The zero-order valence-electron chi connectivity index (χ0n) is 10.3. The highest BCUT2D eigenvalue weighted by Gasteiger charge is 2.07. The van der Waals surface area contributed by atoms with Gasteiger partial charge in [0.1, 0.15) is 5.75 Å². The SMILES string of the molecule is COc1ccc(Br)cc1CSc1cc(Cl)ccc1N. The van der Waals surface area contributed by atoms with Gasteiger partial charge in [-0.1, -0.05) is 27.5 Å². The van der Waals surface area contributed by atoms with Crippen LogP contribution >= 0.6 is 39.3 Å². The highest BCUT2D eigenvalue weighted by atomic mass is 79.9. The molecule has 0 spiro atoms. The highest BCUT2D eigenvalue weighted by molar-refractivity contribution is 9.10. The molecule has 0 aliphatic rings. The minimum absolute atomic E-state index is 0.693. The summed E-state index contributed by atoms with van der Waals surface area (Å²) >= 11 is 11.1. The van der Waals surface area contributed by atoms with Crippen LogP contribution in [0.2, 0.25) is 5.02 Å². The molecule has 0 aromatic heterocycles. The normalized spacial score (nSPS) is 10.5. The summed E-state index contributed by atoms with van der Waals surface area (Å²) in [6.07, 6.45) is 0. The largest absolute Gasteiger partial charge is 0.496 e. The van der Waals surface area contributed by atoms with Crippen molar-refractivity contribution in [2.24, 2.45) is 0 Å². The van der Waals surface area contributed by atoms with Crippen molar-refractivity contribution in [3.8, 4) is 5.75 Å². The number of hydrogen-bond donors (Lipinski definition) is 1. The number of nitrogen functional groups attached to an aromatic ring is 1. The Labute approximate surface area is 130 Å². The van der Waals surface area contributed by atoms with E-state index in [4.69, 9.17) is 22.1 Å². The molecule has 2 rings (SSSR count). The molecule has 0 bridgehead atoms. The van der Waals surface area contributed by atoms with Crippen molar-refractivity contribution in [3.05, 3.63) is 51.5 Å². The quantitative estimate of drug-likeness (QED) is 0.618. The van der Waals surface area contributed by atoms with Gasteiger partial charge in [0.05, 0.1) is 7.11 Å². The number of rotatable bonds is 4. The standard InChI is InChI=1S/C14H13BrClNOS/c1-18-13-5-2-10(15)6-9(13)8-19-14-7-11(16)3-4-12(14)17/h2-7H,8,17H2,1H3. The summed E-state index contributed by atoms with van der Waals surface area (Å²) in [6, 6.07) is 11.4. The average molecular weight is 359 g/mol. The Morgan fingerprint density at radius 1 is 1.26 bits per heavy atom. The molecule has 2 aromatic rings. The van der Waals surface area contributed by atoms with Crippen LogP contribution in [0.4, 0.5) is 5.69 Å². The Morgan fingerprint density at radius 3 is 2.79 bits per heavy atom. The highest BCUT2D eigenvalue weighted by Crippen LogP contribution is 2.34. The van der Waals surface area contributed by atoms with Crippen molar-refractivity contribution in [2.45, 2.75) is 10.6 Å². The van der Waals surface area contributed by atoms with Crippen molar-refractivity contribution >= 4 is 45.0 Å². The molecular weight excluding hydrogens is 346 g/mol. The van der Waals surface area contributed by atoms with Gasteiger partial charge in [-0.05, 0) is 36.4 Å². The summed E-state index contributed by atoms with van der Waals surface area (Å²) in [7, 11) is 1.67. The fourth-order valence-corrected chi connectivity index (χ4v) is 3.28. The van der Waals surface area contributed by atoms with Crippen LogP contribution in [-0.4, -0.2) is 7.11 Å². The maximum atomic E-state index is 5.98. The summed E-state index contributed by atoms with van der Waals surface area (Å²) in [5.74, 6) is 1.64. The van der Waals surface area contributed by atoms with Gasteiger partial charge in [0.25, 0.3) is 0 Å². The first-order valence-corrected chi connectivity index (χ1v) is 7.76. The van der Waals surface area contributed by atoms with Gasteiger partial charge in [-0.3, -0.25) is 0 Å². The second-order valence-corrected chi connectivity index (χ2v) is 6.30. The average Bonchev–Trinajstić information content (AvgIpc) is 2.40. The molecule has 2 N–H and O–H groups in total. The van der Waals surface area contributed by atoms with Gasteiger partial charge >= 0.3 is 0 Å². The Morgan fingerprint density at radius 2 is 2.05 bits per heavy atom. The summed E-state index contributed by atoms with van der Waals surface area (Å²) < 4.78 is 6.38. The lowest BCUT2D eigenvalue weighted by molar-refractivity contribution is 0.411. The number of ether oxygens (including phenoxy) is 1. The molecule has 0 heterocycles. The minimum atomic E-state index is 0.693. The molecular formula is C14H13BrClNOS.